The average molecular weight is 565 g/mol. The highest BCUT2D eigenvalue weighted by Crippen LogP contribution is 2.21. The first-order chi connectivity index (χ1) is 18.0. The molecule has 0 radical (unpaired) electrons. The van der Waals surface area contributed by atoms with E-state index in [4.69, 9.17) is 23.2 Å². The van der Waals surface area contributed by atoms with Crippen LogP contribution in [0, 0.1) is 12.8 Å². The maximum Gasteiger partial charge on any atom is 0.253 e. The summed E-state index contributed by atoms with van der Waals surface area (Å²) in [6.45, 7) is 12.7. The Morgan fingerprint density at radius 3 is 2.13 bits per heavy atom. The normalized spacial score (nSPS) is 12.9. The second-order valence-corrected chi connectivity index (χ2v) is 11.3. The molecule has 0 aliphatic heterocycles. The van der Waals surface area contributed by atoms with Gasteiger partial charge in [-0.15, -0.1) is 0 Å². The number of aryl methyl sites for hydroxylation is 1. The van der Waals surface area contributed by atoms with Crippen LogP contribution in [-0.2, 0) is 6.42 Å². The fraction of sp³-hybridized carbons (Fsp3) is 0.533. The second kappa shape index (κ2) is 16.1. The summed E-state index contributed by atoms with van der Waals surface area (Å²) >= 11 is 12.4. The standard InChI is InChI=1S/C30H43Cl2N3O3/c1-6-10-35(11-7-2)30(38)24-13-21(5)12-23(17-24)29(37)34-27(28(36)19-33-9-8-20(3)4)16-22-14-25(31)18-26(32)15-22/h12-15,17-18,20,27-28,33,36H,6-11,16,19H2,1-5H3,(H,34,37)/t27-,28+/m0/s1. The van der Waals surface area contributed by atoms with E-state index in [9.17, 15) is 14.7 Å². The van der Waals surface area contributed by atoms with Crippen molar-refractivity contribution in [2.24, 2.45) is 5.92 Å². The molecule has 0 unspecified atom stereocenters. The van der Waals surface area contributed by atoms with Gasteiger partial charge in [0.05, 0.1) is 12.1 Å². The third kappa shape index (κ3) is 10.6. The maximum atomic E-state index is 13.4. The van der Waals surface area contributed by atoms with Gasteiger partial charge in [-0.05, 0) is 92.6 Å². The molecule has 0 aromatic heterocycles. The van der Waals surface area contributed by atoms with Crippen LogP contribution in [0.2, 0.25) is 10.0 Å². The van der Waals surface area contributed by atoms with E-state index >= 15 is 0 Å². The Labute approximate surface area is 238 Å². The SMILES string of the molecule is CCCN(CCC)C(=O)c1cc(C)cc(C(=O)N[C@@H](Cc2cc(Cl)cc(Cl)c2)[C@H](O)CNCCC(C)C)c1. The van der Waals surface area contributed by atoms with E-state index in [1.807, 2.05) is 31.7 Å². The monoisotopic (exact) mass is 563 g/mol. The van der Waals surface area contributed by atoms with Crippen molar-refractivity contribution in [2.45, 2.75) is 72.4 Å². The number of benzene rings is 2. The molecule has 2 atom stereocenters. The molecule has 0 spiro atoms. The average Bonchev–Trinajstić information content (AvgIpc) is 2.84. The fourth-order valence-electron chi connectivity index (χ4n) is 4.38. The van der Waals surface area contributed by atoms with Gasteiger partial charge in [0.2, 0.25) is 0 Å². The molecule has 8 heteroatoms. The zero-order valence-electron chi connectivity index (χ0n) is 23.3. The minimum absolute atomic E-state index is 0.0778. The van der Waals surface area contributed by atoms with Crippen LogP contribution in [0.5, 0.6) is 0 Å². The topological polar surface area (TPSA) is 81.7 Å². The Morgan fingerprint density at radius 1 is 0.947 bits per heavy atom. The van der Waals surface area contributed by atoms with Crippen molar-refractivity contribution in [3.05, 3.63) is 68.7 Å². The Morgan fingerprint density at radius 2 is 1.55 bits per heavy atom. The molecule has 6 nitrogen and oxygen atoms in total. The molecule has 2 amide bonds. The Balaban J connectivity index is 2.27. The zero-order valence-corrected chi connectivity index (χ0v) is 24.8. The molecule has 2 rings (SSSR count). The van der Waals surface area contributed by atoms with Crippen LogP contribution >= 0.6 is 23.2 Å². The smallest absolute Gasteiger partial charge is 0.253 e. The van der Waals surface area contributed by atoms with Crippen molar-refractivity contribution in [1.82, 2.24) is 15.5 Å². The van der Waals surface area contributed by atoms with Gasteiger partial charge in [-0.25, -0.2) is 0 Å². The molecule has 0 saturated carbocycles. The van der Waals surface area contributed by atoms with Gasteiger partial charge in [-0.1, -0.05) is 50.9 Å². The lowest BCUT2D eigenvalue weighted by atomic mass is 9.99. The third-order valence-electron chi connectivity index (χ3n) is 6.27. The first kappa shape index (κ1) is 32.1. The summed E-state index contributed by atoms with van der Waals surface area (Å²) < 4.78 is 0. The van der Waals surface area contributed by atoms with Gasteiger partial charge < -0.3 is 20.6 Å². The molecule has 38 heavy (non-hydrogen) atoms. The molecule has 0 heterocycles. The number of halogens is 2. The van der Waals surface area contributed by atoms with Crippen molar-refractivity contribution in [2.75, 3.05) is 26.2 Å². The molecule has 0 aliphatic rings. The van der Waals surface area contributed by atoms with Crippen LogP contribution in [-0.4, -0.2) is 60.1 Å². The molecule has 0 aliphatic carbocycles. The molecule has 210 valence electrons. The van der Waals surface area contributed by atoms with Crippen LogP contribution in [0.1, 0.15) is 78.8 Å². The van der Waals surface area contributed by atoms with Crippen LogP contribution < -0.4 is 10.6 Å². The van der Waals surface area contributed by atoms with E-state index in [0.717, 1.165) is 36.9 Å². The summed E-state index contributed by atoms with van der Waals surface area (Å²) in [7, 11) is 0. The second-order valence-electron chi connectivity index (χ2n) is 10.4. The van der Waals surface area contributed by atoms with Gasteiger partial charge in [0.25, 0.3) is 11.8 Å². The number of nitrogens with zero attached hydrogens (tertiary/aromatic N) is 1. The lowest BCUT2D eigenvalue weighted by molar-refractivity contribution is 0.0755. The van der Waals surface area contributed by atoms with Crippen molar-refractivity contribution < 1.29 is 14.7 Å². The van der Waals surface area contributed by atoms with Gasteiger partial charge >= 0.3 is 0 Å². The third-order valence-corrected chi connectivity index (χ3v) is 6.71. The minimum Gasteiger partial charge on any atom is -0.390 e. The molecular formula is C30H43Cl2N3O3. The van der Waals surface area contributed by atoms with E-state index in [-0.39, 0.29) is 11.8 Å². The quantitative estimate of drug-likeness (QED) is 0.235. The largest absolute Gasteiger partial charge is 0.390 e. The molecule has 2 aromatic carbocycles. The Hall–Kier alpha value is -2.12. The number of hydrogen-bond acceptors (Lipinski definition) is 4. The van der Waals surface area contributed by atoms with Gasteiger partial charge in [0, 0.05) is 40.8 Å². The molecule has 3 N–H and O–H groups in total. The molecular weight excluding hydrogens is 521 g/mol. The van der Waals surface area contributed by atoms with Gasteiger partial charge in [0.15, 0.2) is 0 Å². The van der Waals surface area contributed by atoms with Crippen molar-refractivity contribution >= 4 is 35.0 Å². The van der Waals surface area contributed by atoms with E-state index in [2.05, 4.69) is 24.5 Å². The summed E-state index contributed by atoms with van der Waals surface area (Å²) in [6.07, 6.45) is 2.21. The van der Waals surface area contributed by atoms with E-state index in [1.54, 1.807) is 30.3 Å². The number of nitrogens with one attached hydrogen (secondary N) is 2. The predicted molar refractivity (Wildman–Crippen MR) is 157 cm³/mol. The van der Waals surface area contributed by atoms with E-state index < -0.39 is 12.1 Å². The minimum atomic E-state index is -0.848. The van der Waals surface area contributed by atoms with Crippen molar-refractivity contribution in [1.29, 1.82) is 0 Å². The highest BCUT2D eigenvalue weighted by atomic mass is 35.5. The summed E-state index contributed by atoms with van der Waals surface area (Å²) in [5, 5.41) is 18.3. The summed E-state index contributed by atoms with van der Waals surface area (Å²) in [6, 6.07) is 9.84. The number of aliphatic hydroxyl groups is 1. The number of amides is 2. The number of hydrogen-bond donors (Lipinski definition) is 3. The van der Waals surface area contributed by atoms with Crippen LogP contribution in [0.4, 0.5) is 0 Å². The lowest BCUT2D eigenvalue weighted by Crippen LogP contribution is -2.49. The highest BCUT2D eigenvalue weighted by Gasteiger charge is 2.24. The number of carbonyl (C=O) groups excluding carboxylic acids is 2. The Bertz CT molecular complexity index is 1030. The molecule has 0 fully saturated rings. The summed E-state index contributed by atoms with van der Waals surface area (Å²) in [4.78, 5) is 28.5. The zero-order chi connectivity index (χ0) is 28.2. The molecule has 0 saturated heterocycles. The Kier molecular flexibility index (Phi) is 13.6. The van der Waals surface area contributed by atoms with Crippen LogP contribution in [0.15, 0.2) is 36.4 Å². The highest BCUT2D eigenvalue weighted by molar-refractivity contribution is 6.34. The lowest BCUT2D eigenvalue weighted by Gasteiger charge is -2.26. The van der Waals surface area contributed by atoms with E-state index in [0.29, 0.717) is 53.1 Å². The number of aliphatic hydroxyl groups excluding tert-OH is 1. The summed E-state index contributed by atoms with van der Waals surface area (Å²) in [5.41, 5.74) is 2.51. The van der Waals surface area contributed by atoms with Gasteiger partial charge in [-0.2, -0.15) is 0 Å². The van der Waals surface area contributed by atoms with Gasteiger partial charge in [0.1, 0.15) is 0 Å². The van der Waals surface area contributed by atoms with Gasteiger partial charge in [-0.3, -0.25) is 9.59 Å². The maximum absolute atomic E-state index is 13.4. The van der Waals surface area contributed by atoms with Crippen molar-refractivity contribution in [3.63, 3.8) is 0 Å². The van der Waals surface area contributed by atoms with Crippen LogP contribution in [0.3, 0.4) is 0 Å². The fourth-order valence-corrected chi connectivity index (χ4v) is 4.95. The summed E-state index contributed by atoms with van der Waals surface area (Å²) in [5.74, 6) is 0.123. The van der Waals surface area contributed by atoms with Crippen molar-refractivity contribution in [3.8, 4) is 0 Å². The first-order valence-electron chi connectivity index (χ1n) is 13.6. The first-order valence-corrected chi connectivity index (χ1v) is 14.3. The van der Waals surface area contributed by atoms with E-state index in [1.165, 1.54) is 0 Å². The van der Waals surface area contributed by atoms with Crippen LogP contribution in [0.25, 0.3) is 0 Å². The number of rotatable bonds is 15. The number of carbonyl (C=O) groups is 2. The molecule has 2 aromatic rings. The predicted octanol–water partition coefficient (Wildman–Crippen LogP) is 5.90. The molecule has 0 bridgehead atoms.